The highest BCUT2D eigenvalue weighted by atomic mass is 16.4. The van der Waals surface area contributed by atoms with E-state index >= 15 is 0 Å². The van der Waals surface area contributed by atoms with Gasteiger partial charge in [-0.3, -0.25) is 28.8 Å². The Morgan fingerprint density at radius 3 is 1.70 bits per heavy atom. The van der Waals surface area contributed by atoms with Gasteiger partial charge in [0.05, 0.1) is 25.8 Å². The van der Waals surface area contributed by atoms with Crippen LogP contribution in [-0.4, -0.2) is 119 Å². The molecule has 18 nitrogen and oxygen atoms in total. The van der Waals surface area contributed by atoms with Crippen molar-refractivity contribution in [1.82, 2.24) is 31.9 Å². The molecule has 0 fully saturated rings. The van der Waals surface area contributed by atoms with Crippen molar-refractivity contribution in [3.05, 3.63) is 0 Å². The predicted molar refractivity (Wildman–Crippen MR) is 170 cm³/mol. The van der Waals surface area contributed by atoms with E-state index < -0.39 is 109 Å². The van der Waals surface area contributed by atoms with Crippen LogP contribution in [0.3, 0.4) is 0 Å². The Labute approximate surface area is 274 Å². The first-order valence-electron chi connectivity index (χ1n) is 15.8. The van der Waals surface area contributed by atoms with E-state index in [4.69, 9.17) is 11.5 Å². The van der Waals surface area contributed by atoms with Crippen molar-refractivity contribution >= 4 is 41.4 Å². The number of aliphatic hydroxyl groups excluding tert-OH is 2. The van der Waals surface area contributed by atoms with Crippen molar-refractivity contribution < 1.29 is 48.9 Å². The molecule has 0 aromatic heterocycles. The fraction of sp³-hybridized carbons (Fsp3) is 0.759. The summed E-state index contributed by atoms with van der Waals surface area (Å²) in [5.41, 5.74) is 11.2. The SMILES string of the molecule is CC[C@H](C)[C@H](NC(=O)[C@H](CO)NC(=O)[C@@H](NC(=O)CNC(=O)[C@H](CO)NC(=O)[C@H](C)NC(=O)[C@@H](N)CCCCN)[C@@H](C)CC)C(=O)O. The Kier molecular flexibility index (Phi) is 20.8. The first kappa shape index (κ1) is 43.1. The molecule has 0 bridgehead atoms. The second kappa shape index (κ2) is 22.6. The van der Waals surface area contributed by atoms with E-state index in [9.17, 15) is 48.9 Å². The zero-order valence-electron chi connectivity index (χ0n) is 27.8. The number of carboxylic acid groups (broad SMARTS) is 1. The molecule has 13 N–H and O–H groups in total. The number of nitrogens with one attached hydrogen (secondary N) is 6. The molecule has 0 aliphatic rings. The molecule has 0 radical (unpaired) electrons. The molecule has 0 aromatic carbocycles. The minimum Gasteiger partial charge on any atom is -0.480 e. The van der Waals surface area contributed by atoms with Crippen LogP contribution in [0.15, 0.2) is 0 Å². The minimum atomic E-state index is -1.51. The lowest BCUT2D eigenvalue weighted by Gasteiger charge is -2.27. The highest BCUT2D eigenvalue weighted by molar-refractivity contribution is 5.96. The highest BCUT2D eigenvalue weighted by Crippen LogP contribution is 2.10. The van der Waals surface area contributed by atoms with E-state index in [2.05, 4.69) is 31.9 Å². The quantitative estimate of drug-likeness (QED) is 0.0465. The van der Waals surface area contributed by atoms with Crippen molar-refractivity contribution in [3.8, 4) is 0 Å². The Hall–Kier alpha value is -3.87. The summed E-state index contributed by atoms with van der Waals surface area (Å²) in [5.74, 6) is -7.06. The molecule has 0 spiro atoms. The van der Waals surface area contributed by atoms with Crippen molar-refractivity contribution in [1.29, 1.82) is 0 Å². The molecule has 6 amide bonds. The predicted octanol–water partition coefficient (Wildman–Crippen LogP) is -3.84. The summed E-state index contributed by atoms with van der Waals surface area (Å²) in [6.07, 6.45) is 2.53. The molecule has 0 rings (SSSR count). The third-order valence-corrected chi connectivity index (χ3v) is 7.70. The van der Waals surface area contributed by atoms with Gasteiger partial charge in [-0.15, -0.1) is 0 Å². The van der Waals surface area contributed by atoms with Crippen LogP contribution < -0.4 is 43.4 Å². The van der Waals surface area contributed by atoms with Crippen LogP contribution >= 0.6 is 0 Å². The Morgan fingerprint density at radius 2 is 1.19 bits per heavy atom. The number of carbonyl (C=O) groups is 7. The molecule has 47 heavy (non-hydrogen) atoms. The monoisotopic (exact) mass is 674 g/mol. The van der Waals surface area contributed by atoms with Crippen molar-refractivity contribution in [3.63, 3.8) is 0 Å². The summed E-state index contributed by atoms with van der Waals surface area (Å²) in [7, 11) is 0. The number of carboxylic acids is 1. The second-order valence-electron chi connectivity index (χ2n) is 11.5. The van der Waals surface area contributed by atoms with Crippen molar-refractivity contribution in [2.45, 2.75) is 103 Å². The van der Waals surface area contributed by atoms with E-state index in [0.29, 0.717) is 38.6 Å². The number of hydrogen-bond donors (Lipinski definition) is 11. The summed E-state index contributed by atoms with van der Waals surface area (Å²) in [4.78, 5) is 87.4. The van der Waals surface area contributed by atoms with Crippen LogP contribution in [0.25, 0.3) is 0 Å². The average Bonchev–Trinajstić information content (AvgIpc) is 3.04. The van der Waals surface area contributed by atoms with Crippen LogP contribution in [0, 0.1) is 11.8 Å². The van der Waals surface area contributed by atoms with Gasteiger partial charge in [0.1, 0.15) is 30.2 Å². The lowest BCUT2D eigenvalue weighted by Crippen LogP contribution is -2.59. The van der Waals surface area contributed by atoms with Gasteiger partial charge in [0.25, 0.3) is 0 Å². The fourth-order valence-corrected chi connectivity index (χ4v) is 4.13. The van der Waals surface area contributed by atoms with E-state index in [-0.39, 0.29) is 0 Å². The topological polar surface area (TPSA) is 304 Å². The number of nitrogens with two attached hydrogens (primary N) is 2. The van der Waals surface area contributed by atoms with E-state index in [1.54, 1.807) is 27.7 Å². The molecule has 0 unspecified atom stereocenters. The maximum absolute atomic E-state index is 13.1. The molecule has 0 aliphatic heterocycles. The summed E-state index contributed by atoms with van der Waals surface area (Å²) >= 11 is 0. The number of rotatable bonds is 23. The number of aliphatic hydroxyl groups is 2. The number of aliphatic carboxylic acids is 1. The van der Waals surface area contributed by atoms with Gasteiger partial charge < -0.3 is 58.7 Å². The largest absolute Gasteiger partial charge is 0.480 e. The van der Waals surface area contributed by atoms with E-state index in [1.165, 1.54) is 6.92 Å². The Bertz CT molecular complexity index is 1060. The second-order valence-corrected chi connectivity index (χ2v) is 11.5. The molecule has 0 aliphatic carbocycles. The molecule has 0 saturated heterocycles. The molecule has 0 heterocycles. The maximum Gasteiger partial charge on any atom is 0.326 e. The van der Waals surface area contributed by atoms with Crippen LogP contribution in [-0.2, 0) is 33.6 Å². The average molecular weight is 675 g/mol. The molecular weight excluding hydrogens is 620 g/mol. The first-order valence-corrected chi connectivity index (χ1v) is 15.8. The summed E-state index contributed by atoms with van der Waals surface area (Å²) in [6, 6.07) is -7.41. The van der Waals surface area contributed by atoms with Gasteiger partial charge in [0, 0.05) is 0 Å². The van der Waals surface area contributed by atoms with Crippen molar-refractivity contribution in [2.75, 3.05) is 26.3 Å². The lowest BCUT2D eigenvalue weighted by atomic mass is 9.97. The van der Waals surface area contributed by atoms with Crippen LogP contribution in [0.5, 0.6) is 0 Å². The Morgan fingerprint density at radius 1 is 0.660 bits per heavy atom. The molecule has 270 valence electrons. The maximum atomic E-state index is 13.1. The zero-order chi connectivity index (χ0) is 36.3. The lowest BCUT2D eigenvalue weighted by molar-refractivity contribution is -0.144. The third-order valence-electron chi connectivity index (χ3n) is 7.70. The normalized spacial score (nSPS) is 16.1. The van der Waals surface area contributed by atoms with Crippen LogP contribution in [0.4, 0.5) is 0 Å². The van der Waals surface area contributed by atoms with Gasteiger partial charge in [0.2, 0.25) is 35.4 Å². The summed E-state index contributed by atoms with van der Waals surface area (Å²) in [5, 5.41) is 42.9. The number of hydrogen-bond acceptors (Lipinski definition) is 11. The number of unbranched alkanes of at least 4 members (excludes halogenated alkanes) is 1. The number of carbonyl (C=O) groups excluding carboxylic acids is 6. The van der Waals surface area contributed by atoms with Crippen LogP contribution in [0.1, 0.15) is 66.7 Å². The van der Waals surface area contributed by atoms with Gasteiger partial charge in [-0.25, -0.2) is 4.79 Å². The van der Waals surface area contributed by atoms with Gasteiger partial charge in [-0.05, 0) is 38.1 Å². The summed E-state index contributed by atoms with van der Waals surface area (Å²) in [6.45, 7) is 6.23. The smallest absolute Gasteiger partial charge is 0.326 e. The molecule has 0 saturated carbocycles. The first-order chi connectivity index (χ1) is 22.1. The summed E-state index contributed by atoms with van der Waals surface area (Å²) < 4.78 is 0. The van der Waals surface area contributed by atoms with Gasteiger partial charge in [-0.1, -0.05) is 47.0 Å². The van der Waals surface area contributed by atoms with Crippen molar-refractivity contribution in [2.24, 2.45) is 23.3 Å². The minimum absolute atomic E-state index is 0.365. The van der Waals surface area contributed by atoms with Gasteiger partial charge in [-0.2, -0.15) is 0 Å². The standard InChI is InChI=1S/C29H54N8O10/c1-6-15(3)22(28(45)35-20(14-39)27(44)37-23(29(46)47)16(4)7-2)36-21(40)12-32-26(43)19(13-38)34-24(41)17(5)33-25(42)18(31)10-8-9-11-30/h15-20,22-23,38-39H,6-14,30-31H2,1-5H3,(H,32,43)(H,33,42)(H,34,41)(H,35,45)(H,36,40)(H,37,44)(H,46,47)/t15-,16-,17-,18-,19-,20-,22-,23-/m0/s1. The van der Waals surface area contributed by atoms with Crippen LogP contribution in [0.2, 0.25) is 0 Å². The molecule has 0 aromatic rings. The molecule has 18 heteroatoms. The van der Waals surface area contributed by atoms with E-state index in [0.717, 1.165) is 0 Å². The van der Waals surface area contributed by atoms with Gasteiger partial charge >= 0.3 is 5.97 Å². The molecular formula is C29H54N8O10. The Balaban J connectivity index is 5.23. The number of amides is 6. The fourth-order valence-electron chi connectivity index (χ4n) is 4.13. The van der Waals surface area contributed by atoms with Gasteiger partial charge in [0.15, 0.2) is 0 Å². The van der Waals surface area contributed by atoms with E-state index in [1.807, 2.05) is 0 Å². The highest BCUT2D eigenvalue weighted by Gasteiger charge is 2.33. The molecule has 8 atom stereocenters. The third kappa shape index (κ3) is 15.5. The zero-order valence-corrected chi connectivity index (χ0v) is 27.8.